The Labute approximate surface area is 219 Å². The zero-order valence-corrected chi connectivity index (χ0v) is 22.0. The highest BCUT2D eigenvalue weighted by Gasteiger charge is 2.35. The van der Waals surface area contributed by atoms with E-state index in [-0.39, 0.29) is 6.04 Å². The molecule has 3 aromatic rings. The standard InChI is InChI=1S/C29H38ClN3O3/c1-2-35-29(34)33-18-14-24-25-20-22(30)10-13-26(25)31-27(24)28(33)21-8-11-23(12-9-21)36-19-7-6-17-32-15-4-3-5-16-32/h8-13,20,28-29,31,34H,2-7,14-19H2,1H3. The van der Waals surface area contributed by atoms with Crippen molar-refractivity contribution in [3.63, 3.8) is 0 Å². The molecule has 2 aliphatic rings. The maximum Gasteiger partial charge on any atom is 0.216 e. The predicted molar refractivity (Wildman–Crippen MR) is 145 cm³/mol. The number of aliphatic hydroxyl groups excluding tert-OH is 1. The van der Waals surface area contributed by atoms with Crippen molar-refractivity contribution in [2.24, 2.45) is 0 Å². The number of benzene rings is 2. The summed E-state index contributed by atoms with van der Waals surface area (Å²) in [5.74, 6) is 0.882. The van der Waals surface area contributed by atoms with Crippen LogP contribution in [0.5, 0.6) is 5.75 Å². The molecule has 0 spiro atoms. The molecular formula is C29H38ClN3O3. The summed E-state index contributed by atoms with van der Waals surface area (Å²) in [4.78, 5) is 8.20. The molecule has 2 unspecified atom stereocenters. The molecule has 2 N–H and O–H groups in total. The number of aliphatic hydroxyl groups is 1. The van der Waals surface area contributed by atoms with Gasteiger partial charge < -0.3 is 24.5 Å². The number of piperidine rings is 1. The summed E-state index contributed by atoms with van der Waals surface area (Å²) < 4.78 is 11.7. The molecule has 0 saturated carbocycles. The van der Waals surface area contributed by atoms with Crippen molar-refractivity contribution in [3.8, 4) is 5.75 Å². The van der Waals surface area contributed by atoms with E-state index >= 15 is 0 Å². The van der Waals surface area contributed by atoms with E-state index in [1.54, 1.807) is 0 Å². The number of rotatable bonds is 10. The fraction of sp³-hybridized carbons (Fsp3) is 0.517. The Morgan fingerprint density at radius 3 is 2.64 bits per heavy atom. The van der Waals surface area contributed by atoms with Crippen molar-refractivity contribution in [1.82, 2.24) is 14.8 Å². The highest BCUT2D eigenvalue weighted by molar-refractivity contribution is 6.31. The van der Waals surface area contributed by atoms with Crippen molar-refractivity contribution in [3.05, 3.63) is 64.3 Å². The number of ether oxygens (including phenoxy) is 2. The SMILES string of the molecule is CCOC(O)N1CCc2c([nH]c3ccc(Cl)cc23)C1c1ccc(OCCCCN2CCCCC2)cc1. The molecule has 0 bridgehead atoms. The third-order valence-corrected chi connectivity index (χ3v) is 7.74. The first-order chi connectivity index (χ1) is 17.6. The van der Waals surface area contributed by atoms with Crippen molar-refractivity contribution >= 4 is 22.5 Å². The molecule has 2 atom stereocenters. The van der Waals surface area contributed by atoms with Gasteiger partial charge in [-0.25, -0.2) is 4.90 Å². The Bertz CT molecular complexity index is 1130. The Kier molecular flexibility index (Phi) is 8.50. The quantitative estimate of drug-likeness (QED) is 0.269. The molecular weight excluding hydrogens is 474 g/mol. The van der Waals surface area contributed by atoms with E-state index in [9.17, 15) is 5.11 Å². The average Bonchev–Trinajstić information content (AvgIpc) is 3.27. The fourth-order valence-corrected chi connectivity index (χ4v) is 5.85. The fourth-order valence-electron chi connectivity index (χ4n) is 5.68. The molecule has 36 heavy (non-hydrogen) atoms. The second-order valence-electron chi connectivity index (χ2n) is 9.91. The number of halogens is 1. The number of aromatic amines is 1. The third kappa shape index (κ3) is 5.74. The Balaban J connectivity index is 1.28. The van der Waals surface area contributed by atoms with Crippen LogP contribution < -0.4 is 4.74 Å². The van der Waals surface area contributed by atoms with Crippen molar-refractivity contribution < 1.29 is 14.6 Å². The lowest BCUT2D eigenvalue weighted by Crippen LogP contribution is -2.44. The van der Waals surface area contributed by atoms with Gasteiger partial charge in [-0.1, -0.05) is 30.2 Å². The average molecular weight is 512 g/mol. The highest BCUT2D eigenvalue weighted by atomic mass is 35.5. The molecule has 0 radical (unpaired) electrons. The number of nitrogens with zero attached hydrogens (tertiary/aromatic N) is 2. The molecule has 194 valence electrons. The minimum atomic E-state index is -0.973. The molecule has 3 heterocycles. The lowest BCUT2D eigenvalue weighted by Gasteiger charge is -2.38. The molecule has 0 aliphatic carbocycles. The number of likely N-dealkylation sites (tertiary alicyclic amines) is 1. The van der Waals surface area contributed by atoms with Gasteiger partial charge in [0.25, 0.3) is 0 Å². The lowest BCUT2D eigenvalue weighted by atomic mass is 9.92. The van der Waals surface area contributed by atoms with E-state index in [1.807, 2.05) is 42.2 Å². The zero-order chi connectivity index (χ0) is 24.9. The number of hydrogen-bond acceptors (Lipinski definition) is 5. The van der Waals surface area contributed by atoms with Crippen molar-refractivity contribution in [2.45, 2.75) is 57.9 Å². The molecule has 7 heteroatoms. The summed E-state index contributed by atoms with van der Waals surface area (Å²) in [6.45, 7) is 7.46. The van der Waals surface area contributed by atoms with Gasteiger partial charge in [-0.15, -0.1) is 0 Å². The lowest BCUT2D eigenvalue weighted by molar-refractivity contribution is -0.202. The molecule has 6 nitrogen and oxygen atoms in total. The van der Waals surface area contributed by atoms with Gasteiger partial charge in [0.1, 0.15) is 5.75 Å². The Morgan fingerprint density at radius 1 is 1.06 bits per heavy atom. The largest absolute Gasteiger partial charge is 0.494 e. The van der Waals surface area contributed by atoms with Gasteiger partial charge in [0.05, 0.1) is 12.6 Å². The van der Waals surface area contributed by atoms with Crippen LogP contribution in [0.1, 0.15) is 61.9 Å². The monoisotopic (exact) mass is 511 g/mol. The molecule has 5 rings (SSSR count). The smallest absolute Gasteiger partial charge is 0.216 e. The minimum Gasteiger partial charge on any atom is -0.494 e. The first kappa shape index (κ1) is 25.6. The van der Waals surface area contributed by atoms with Crippen LogP contribution in [0, 0.1) is 0 Å². The van der Waals surface area contributed by atoms with E-state index in [0.29, 0.717) is 13.2 Å². The van der Waals surface area contributed by atoms with Crippen LogP contribution in [0.25, 0.3) is 10.9 Å². The highest BCUT2D eigenvalue weighted by Crippen LogP contribution is 2.40. The topological polar surface area (TPSA) is 61.0 Å². The van der Waals surface area contributed by atoms with Gasteiger partial charge in [-0.2, -0.15) is 0 Å². The molecule has 1 saturated heterocycles. The molecule has 0 amide bonds. The van der Waals surface area contributed by atoms with Gasteiger partial charge in [-0.3, -0.25) is 0 Å². The normalized spacial score (nSPS) is 19.9. The van der Waals surface area contributed by atoms with Crippen LogP contribution in [0.3, 0.4) is 0 Å². The first-order valence-electron chi connectivity index (χ1n) is 13.4. The predicted octanol–water partition coefficient (Wildman–Crippen LogP) is 5.73. The van der Waals surface area contributed by atoms with Crippen LogP contribution in [0.4, 0.5) is 0 Å². The van der Waals surface area contributed by atoms with Gasteiger partial charge in [0.15, 0.2) is 0 Å². The second kappa shape index (κ2) is 12.0. The summed E-state index contributed by atoms with van der Waals surface area (Å²) in [7, 11) is 0. The van der Waals surface area contributed by atoms with E-state index in [2.05, 4.69) is 22.0 Å². The molecule has 2 aromatic carbocycles. The summed E-state index contributed by atoms with van der Waals surface area (Å²) in [6, 6.07) is 14.1. The molecule has 1 fully saturated rings. The van der Waals surface area contributed by atoms with Gasteiger partial charge in [0, 0.05) is 34.8 Å². The number of H-pyrrole nitrogens is 1. The maximum absolute atomic E-state index is 10.8. The third-order valence-electron chi connectivity index (χ3n) is 7.51. The summed E-state index contributed by atoms with van der Waals surface area (Å²) in [6.07, 6.45) is 6.16. The number of hydrogen-bond donors (Lipinski definition) is 2. The number of aromatic nitrogens is 1. The van der Waals surface area contributed by atoms with Crippen LogP contribution in [-0.4, -0.2) is 65.7 Å². The second-order valence-corrected chi connectivity index (χ2v) is 10.3. The summed E-state index contributed by atoms with van der Waals surface area (Å²) >= 11 is 6.31. The Morgan fingerprint density at radius 2 is 1.86 bits per heavy atom. The number of nitrogens with one attached hydrogen (secondary N) is 1. The summed E-state index contributed by atoms with van der Waals surface area (Å²) in [5.41, 5.74) is 4.49. The van der Waals surface area contributed by atoms with Crippen LogP contribution in [-0.2, 0) is 11.2 Å². The van der Waals surface area contributed by atoms with Gasteiger partial charge in [0.2, 0.25) is 6.41 Å². The minimum absolute atomic E-state index is 0.153. The molecule has 2 aliphatic heterocycles. The van der Waals surface area contributed by atoms with Crippen molar-refractivity contribution in [1.29, 1.82) is 0 Å². The van der Waals surface area contributed by atoms with Gasteiger partial charge in [-0.05, 0) is 100 Å². The van der Waals surface area contributed by atoms with E-state index < -0.39 is 6.41 Å². The van der Waals surface area contributed by atoms with Crippen LogP contribution in [0.2, 0.25) is 5.02 Å². The van der Waals surface area contributed by atoms with Crippen LogP contribution >= 0.6 is 11.6 Å². The van der Waals surface area contributed by atoms with E-state index in [4.69, 9.17) is 21.1 Å². The molecule has 1 aromatic heterocycles. The van der Waals surface area contributed by atoms with Crippen LogP contribution in [0.15, 0.2) is 42.5 Å². The zero-order valence-electron chi connectivity index (χ0n) is 21.2. The number of fused-ring (bicyclic) bond motifs is 3. The van der Waals surface area contributed by atoms with E-state index in [1.165, 1.54) is 50.9 Å². The van der Waals surface area contributed by atoms with Crippen molar-refractivity contribution in [2.75, 3.05) is 39.4 Å². The summed E-state index contributed by atoms with van der Waals surface area (Å²) in [5, 5.41) is 12.7. The van der Waals surface area contributed by atoms with E-state index in [0.717, 1.165) is 52.4 Å². The number of unbranched alkanes of at least 4 members (excludes halogenated alkanes) is 1. The van der Waals surface area contributed by atoms with Gasteiger partial charge >= 0.3 is 0 Å². The Hall–Kier alpha value is -2.09. The first-order valence-corrected chi connectivity index (χ1v) is 13.8. The maximum atomic E-state index is 10.8.